The second-order valence-corrected chi connectivity index (χ2v) is 4.55. The summed E-state index contributed by atoms with van der Waals surface area (Å²) in [7, 11) is 0. The van der Waals surface area contributed by atoms with Crippen LogP contribution in [0.25, 0.3) is 11.6 Å². The number of nitrogens with zero attached hydrogens (tertiary/aromatic N) is 3. The first-order chi connectivity index (χ1) is 9.15. The molecule has 0 unspecified atom stereocenters. The van der Waals surface area contributed by atoms with Gasteiger partial charge in [0.15, 0.2) is 0 Å². The lowest BCUT2D eigenvalue weighted by atomic mass is 10.0. The molecule has 1 aromatic heterocycles. The van der Waals surface area contributed by atoms with Crippen molar-refractivity contribution < 1.29 is 4.92 Å². The molecule has 1 aromatic carbocycles. The van der Waals surface area contributed by atoms with Crippen LogP contribution in [-0.4, -0.2) is 14.9 Å². The van der Waals surface area contributed by atoms with Crippen LogP contribution >= 0.6 is 0 Å². The molecule has 0 atom stereocenters. The zero-order valence-electron chi connectivity index (χ0n) is 10.3. The van der Waals surface area contributed by atoms with Crippen molar-refractivity contribution in [2.75, 3.05) is 0 Å². The Kier molecular flexibility index (Phi) is 2.59. The Balaban J connectivity index is 2.08. The molecule has 0 spiro atoms. The molecule has 0 bridgehead atoms. The summed E-state index contributed by atoms with van der Waals surface area (Å²) in [5, 5.41) is 11.1. The number of nitro benzene ring substituents is 1. The number of rotatable bonds is 2. The lowest BCUT2D eigenvalue weighted by molar-refractivity contribution is -0.385. The van der Waals surface area contributed by atoms with Gasteiger partial charge in [0.2, 0.25) is 0 Å². The third-order valence-corrected chi connectivity index (χ3v) is 3.19. The second kappa shape index (κ2) is 4.28. The molecule has 94 valence electrons. The summed E-state index contributed by atoms with van der Waals surface area (Å²) in [6.07, 6.45) is 7.40. The number of hydrogen-bond acceptors (Lipinski definition) is 4. The minimum atomic E-state index is -0.320. The summed E-state index contributed by atoms with van der Waals surface area (Å²) < 4.78 is 0. The number of hydrogen-bond donors (Lipinski definition) is 0. The van der Waals surface area contributed by atoms with Crippen molar-refractivity contribution in [1.82, 2.24) is 9.97 Å². The molecule has 0 saturated heterocycles. The Labute approximate surface area is 109 Å². The number of nitro groups is 1. The average molecular weight is 253 g/mol. The minimum Gasteiger partial charge on any atom is -0.261 e. The fourth-order valence-electron chi connectivity index (χ4n) is 2.37. The fraction of sp³-hybridized carbons (Fsp3) is 0.143. The number of benzene rings is 1. The lowest BCUT2D eigenvalue weighted by Gasteiger charge is -2.03. The zero-order valence-corrected chi connectivity index (χ0v) is 10.3. The Morgan fingerprint density at radius 3 is 2.84 bits per heavy atom. The highest BCUT2D eigenvalue weighted by molar-refractivity contribution is 5.89. The molecule has 3 rings (SSSR count). The van der Waals surface area contributed by atoms with Crippen molar-refractivity contribution in [3.8, 4) is 0 Å². The molecule has 0 aliphatic heterocycles. The van der Waals surface area contributed by atoms with Crippen LogP contribution in [0.1, 0.15) is 22.4 Å². The van der Waals surface area contributed by atoms with E-state index in [-0.39, 0.29) is 10.6 Å². The third-order valence-electron chi connectivity index (χ3n) is 3.19. The maximum Gasteiger partial charge on any atom is 0.273 e. The van der Waals surface area contributed by atoms with Gasteiger partial charge in [-0.15, -0.1) is 0 Å². The molecule has 5 nitrogen and oxygen atoms in total. The number of aromatic nitrogens is 2. The summed E-state index contributed by atoms with van der Waals surface area (Å²) in [4.78, 5) is 19.1. The van der Waals surface area contributed by atoms with E-state index in [2.05, 4.69) is 9.97 Å². The first-order valence-corrected chi connectivity index (χ1v) is 5.90. The van der Waals surface area contributed by atoms with Gasteiger partial charge < -0.3 is 0 Å². The summed E-state index contributed by atoms with van der Waals surface area (Å²) in [5.41, 5.74) is 4.48. The maximum atomic E-state index is 11.1. The zero-order chi connectivity index (χ0) is 13.4. The molecule has 0 amide bonds. The smallest absolute Gasteiger partial charge is 0.261 e. The van der Waals surface area contributed by atoms with Crippen LogP contribution in [-0.2, 0) is 6.42 Å². The molecule has 1 heterocycles. The average Bonchev–Trinajstić information content (AvgIpc) is 2.82. The van der Waals surface area contributed by atoms with Gasteiger partial charge in [-0.25, -0.2) is 0 Å². The van der Waals surface area contributed by atoms with Gasteiger partial charge in [-0.1, -0.05) is 6.07 Å². The van der Waals surface area contributed by atoms with E-state index in [0.29, 0.717) is 6.42 Å². The summed E-state index contributed by atoms with van der Waals surface area (Å²) in [5.74, 6) is 0. The first-order valence-electron chi connectivity index (χ1n) is 5.90. The molecule has 2 aromatic rings. The molecular formula is C14H11N3O2. The van der Waals surface area contributed by atoms with Crippen molar-refractivity contribution in [2.24, 2.45) is 0 Å². The molecule has 0 saturated carbocycles. The van der Waals surface area contributed by atoms with Gasteiger partial charge in [0, 0.05) is 30.4 Å². The summed E-state index contributed by atoms with van der Waals surface area (Å²) in [6, 6.07) is 3.58. The van der Waals surface area contributed by atoms with E-state index in [1.54, 1.807) is 24.7 Å². The van der Waals surface area contributed by atoms with Crippen molar-refractivity contribution in [3.05, 3.63) is 63.2 Å². The summed E-state index contributed by atoms with van der Waals surface area (Å²) in [6.45, 7) is 1.86. The van der Waals surface area contributed by atoms with E-state index in [4.69, 9.17) is 0 Å². The van der Waals surface area contributed by atoms with Crippen molar-refractivity contribution >= 4 is 17.3 Å². The van der Waals surface area contributed by atoms with Crippen LogP contribution in [0.5, 0.6) is 0 Å². The van der Waals surface area contributed by atoms with E-state index in [1.165, 1.54) is 0 Å². The second-order valence-electron chi connectivity index (χ2n) is 4.55. The quantitative estimate of drug-likeness (QED) is 0.609. The van der Waals surface area contributed by atoms with Gasteiger partial charge in [-0.2, -0.15) is 0 Å². The fourth-order valence-corrected chi connectivity index (χ4v) is 2.37. The Morgan fingerprint density at radius 2 is 2.16 bits per heavy atom. The predicted molar refractivity (Wildman–Crippen MR) is 71.4 cm³/mol. The van der Waals surface area contributed by atoms with Crippen LogP contribution in [0.3, 0.4) is 0 Å². The van der Waals surface area contributed by atoms with E-state index in [0.717, 1.165) is 28.0 Å². The lowest BCUT2D eigenvalue weighted by Crippen LogP contribution is -1.97. The molecule has 1 aliphatic carbocycles. The Hall–Kier alpha value is -2.56. The molecular weight excluding hydrogens is 242 g/mol. The minimum absolute atomic E-state index is 0.185. The number of allylic oxidation sites excluding steroid dienone is 1. The monoisotopic (exact) mass is 253 g/mol. The van der Waals surface area contributed by atoms with E-state index in [1.807, 2.05) is 19.1 Å². The van der Waals surface area contributed by atoms with Crippen LogP contribution in [0.2, 0.25) is 0 Å². The van der Waals surface area contributed by atoms with Gasteiger partial charge in [0.05, 0.1) is 16.8 Å². The van der Waals surface area contributed by atoms with E-state index < -0.39 is 0 Å². The molecule has 19 heavy (non-hydrogen) atoms. The maximum absolute atomic E-state index is 11.1. The van der Waals surface area contributed by atoms with Crippen molar-refractivity contribution in [3.63, 3.8) is 0 Å². The Bertz CT molecular complexity index is 693. The largest absolute Gasteiger partial charge is 0.273 e. The van der Waals surface area contributed by atoms with Crippen LogP contribution < -0.4 is 0 Å². The Morgan fingerprint density at radius 1 is 1.32 bits per heavy atom. The van der Waals surface area contributed by atoms with Crippen molar-refractivity contribution in [2.45, 2.75) is 13.3 Å². The van der Waals surface area contributed by atoms with Gasteiger partial charge in [-0.05, 0) is 29.7 Å². The highest BCUT2D eigenvalue weighted by Gasteiger charge is 2.24. The highest BCUT2D eigenvalue weighted by atomic mass is 16.6. The standard InChI is InChI=1S/C14H11N3O2/c1-9-4-10-6-11(13-8-15-2-3-16-13)7-12(10)14(5-9)17(18)19/h2-6,8H,7H2,1H3. The SMILES string of the molecule is Cc1cc2c(c([N+](=O)[O-])c1)CC(c1cnccn1)=C2. The van der Waals surface area contributed by atoms with Crippen molar-refractivity contribution in [1.29, 1.82) is 0 Å². The highest BCUT2D eigenvalue weighted by Crippen LogP contribution is 2.36. The van der Waals surface area contributed by atoms with Gasteiger partial charge in [0.1, 0.15) is 0 Å². The first kappa shape index (κ1) is 11.5. The van der Waals surface area contributed by atoms with Crippen LogP contribution in [0.4, 0.5) is 5.69 Å². The molecule has 0 fully saturated rings. The topological polar surface area (TPSA) is 68.9 Å². The molecule has 0 radical (unpaired) electrons. The number of aryl methyl sites for hydroxylation is 1. The molecule has 1 aliphatic rings. The normalized spacial score (nSPS) is 13.0. The van der Waals surface area contributed by atoms with Gasteiger partial charge in [0.25, 0.3) is 5.69 Å². The summed E-state index contributed by atoms with van der Waals surface area (Å²) >= 11 is 0. The van der Waals surface area contributed by atoms with Crippen LogP contribution in [0.15, 0.2) is 30.7 Å². The van der Waals surface area contributed by atoms with Crippen LogP contribution in [0, 0.1) is 17.0 Å². The predicted octanol–water partition coefficient (Wildman–Crippen LogP) is 2.79. The third kappa shape index (κ3) is 1.99. The van der Waals surface area contributed by atoms with Gasteiger partial charge in [-0.3, -0.25) is 20.1 Å². The van der Waals surface area contributed by atoms with E-state index in [9.17, 15) is 10.1 Å². The van der Waals surface area contributed by atoms with E-state index >= 15 is 0 Å². The van der Waals surface area contributed by atoms with Gasteiger partial charge >= 0.3 is 0 Å². The molecule has 0 N–H and O–H groups in total. The molecule has 5 heteroatoms. The number of fused-ring (bicyclic) bond motifs is 1.